The topological polar surface area (TPSA) is 50.2 Å². The van der Waals surface area contributed by atoms with Crippen molar-refractivity contribution in [3.05, 3.63) is 83.7 Å². The Morgan fingerprint density at radius 1 is 1.18 bits per heavy atom. The van der Waals surface area contributed by atoms with E-state index in [9.17, 15) is 18.0 Å². The zero-order valence-corrected chi connectivity index (χ0v) is 18.4. The van der Waals surface area contributed by atoms with Crippen molar-refractivity contribution in [2.24, 2.45) is 0 Å². The lowest BCUT2D eigenvalue weighted by atomic mass is 10.0. The molecular formula is C25H27F3N4O. The smallest absolute Gasteiger partial charge is 0.355 e. The van der Waals surface area contributed by atoms with Crippen molar-refractivity contribution in [3.8, 4) is 5.69 Å². The molecule has 1 atom stereocenters. The highest BCUT2D eigenvalue weighted by atomic mass is 19.4. The number of para-hydroxylation sites is 1. The maximum Gasteiger partial charge on any atom is 0.416 e. The number of aromatic nitrogens is 2. The molecule has 1 unspecified atom stereocenters. The van der Waals surface area contributed by atoms with Crippen LogP contribution in [0.5, 0.6) is 0 Å². The SMILES string of the molecule is CC(c1cccc(C(F)(F)F)c1)N(CC(=O)NCCc1cnn(-c2ccccc2)c1)C1CC1. The van der Waals surface area contributed by atoms with E-state index in [4.69, 9.17) is 0 Å². The van der Waals surface area contributed by atoms with Gasteiger partial charge in [-0.1, -0.05) is 30.3 Å². The summed E-state index contributed by atoms with van der Waals surface area (Å²) in [5.74, 6) is -0.129. The van der Waals surface area contributed by atoms with Gasteiger partial charge >= 0.3 is 6.18 Å². The number of amides is 1. The van der Waals surface area contributed by atoms with E-state index in [1.54, 1.807) is 16.9 Å². The standard InChI is InChI=1S/C25H27F3N4O/c1-18(20-6-5-7-21(14-20)25(26,27)28)31(22-10-11-22)17-24(33)29-13-12-19-15-30-32(16-19)23-8-3-2-4-9-23/h2-9,14-16,18,22H,10-13,17H2,1H3,(H,29,33). The van der Waals surface area contributed by atoms with Crippen LogP contribution in [0.1, 0.15) is 42.5 Å². The minimum absolute atomic E-state index is 0.129. The molecule has 1 aromatic heterocycles. The number of hydrogen-bond acceptors (Lipinski definition) is 3. The van der Waals surface area contributed by atoms with Gasteiger partial charge in [-0.2, -0.15) is 18.3 Å². The second kappa shape index (κ2) is 9.79. The van der Waals surface area contributed by atoms with E-state index in [1.165, 1.54) is 12.1 Å². The first-order chi connectivity index (χ1) is 15.8. The van der Waals surface area contributed by atoms with Crippen molar-refractivity contribution in [2.75, 3.05) is 13.1 Å². The molecule has 1 aliphatic carbocycles. The van der Waals surface area contributed by atoms with Gasteiger partial charge in [-0.3, -0.25) is 9.69 Å². The maximum atomic E-state index is 13.1. The Labute approximate surface area is 191 Å². The van der Waals surface area contributed by atoms with Crippen LogP contribution >= 0.6 is 0 Å². The van der Waals surface area contributed by atoms with Gasteiger partial charge in [-0.15, -0.1) is 0 Å². The molecule has 5 nitrogen and oxygen atoms in total. The normalized spacial score (nSPS) is 14.9. The van der Waals surface area contributed by atoms with Crippen molar-refractivity contribution in [3.63, 3.8) is 0 Å². The molecule has 0 saturated heterocycles. The predicted octanol–water partition coefficient (Wildman–Crippen LogP) is 4.78. The summed E-state index contributed by atoms with van der Waals surface area (Å²) in [6.45, 7) is 2.49. The van der Waals surface area contributed by atoms with Gasteiger partial charge in [0.25, 0.3) is 0 Å². The zero-order chi connectivity index (χ0) is 23.4. The van der Waals surface area contributed by atoms with Crippen LogP contribution < -0.4 is 5.32 Å². The summed E-state index contributed by atoms with van der Waals surface area (Å²) >= 11 is 0. The average Bonchev–Trinajstić information content (AvgIpc) is 3.54. The summed E-state index contributed by atoms with van der Waals surface area (Å²) in [5.41, 5.74) is 1.88. The van der Waals surface area contributed by atoms with Crippen LogP contribution in [0.25, 0.3) is 5.69 Å². The maximum absolute atomic E-state index is 13.1. The van der Waals surface area contributed by atoms with Gasteiger partial charge in [-0.25, -0.2) is 4.68 Å². The van der Waals surface area contributed by atoms with Crippen molar-refractivity contribution in [1.82, 2.24) is 20.0 Å². The van der Waals surface area contributed by atoms with Crippen LogP contribution in [-0.4, -0.2) is 39.7 Å². The molecule has 0 aliphatic heterocycles. The van der Waals surface area contributed by atoms with Crippen LogP contribution in [0, 0.1) is 0 Å². The summed E-state index contributed by atoms with van der Waals surface area (Å²) in [7, 11) is 0. The van der Waals surface area contributed by atoms with Gasteiger partial charge in [-0.05, 0) is 61.6 Å². The highest BCUT2D eigenvalue weighted by molar-refractivity contribution is 5.78. The molecule has 1 heterocycles. The monoisotopic (exact) mass is 456 g/mol. The second-order valence-corrected chi connectivity index (χ2v) is 8.43. The fourth-order valence-electron chi connectivity index (χ4n) is 3.93. The highest BCUT2D eigenvalue weighted by Gasteiger charge is 2.35. The van der Waals surface area contributed by atoms with Crippen LogP contribution in [0.2, 0.25) is 0 Å². The van der Waals surface area contributed by atoms with Crippen molar-refractivity contribution in [2.45, 2.75) is 44.4 Å². The summed E-state index contributed by atoms with van der Waals surface area (Å²) in [6, 6.07) is 15.1. The van der Waals surface area contributed by atoms with E-state index in [0.29, 0.717) is 18.5 Å². The Hall–Kier alpha value is -3.13. The minimum Gasteiger partial charge on any atom is -0.355 e. The Morgan fingerprint density at radius 3 is 2.64 bits per heavy atom. The van der Waals surface area contributed by atoms with Crippen LogP contribution in [-0.2, 0) is 17.4 Å². The first-order valence-electron chi connectivity index (χ1n) is 11.1. The first-order valence-corrected chi connectivity index (χ1v) is 11.1. The van der Waals surface area contributed by atoms with Crippen LogP contribution in [0.15, 0.2) is 67.0 Å². The third-order valence-corrected chi connectivity index (χ3v) is 5.93. The Kier molecular flexibility index (Phi) is 6.83. The third-order valence-electron chi connectivity index (χ3n) is 5.93. The van der Waals surface area contributed by atoms with Gasteiger partial charge in [0.2, 0.25) is 5.91 Å². The van der Waals surface area contributed by atoms with Crippen LogP contribution in [0.4, 0.5) is 13.2 Å². The lowest BCUT2D eigenvalue weighted by Gasteiger charge is -2.29. The number of nitrogens with one attached hydrogen (secondary N) is 1. The van der Waals surface area contributed by atoms with E-state index in [1.807, 2.05) is 48.4 Å². The summed E-state index contributed by atoms with van der Waals surface area (Å²) in [4.78, 5) is 14.6. The molecule has 1 saturated carbocycles. The molecule has 1 N–H and O–H groups in total. The average molecular weight is 457 g/mol. The van der Waals surface area contributed by atoms with E-state index in [0.717, 1.165) is 30.2 Å². The number of alkyl halides is 3. The number of rotatable bonds is 9. The molecule has 0 spiro atoms. The lowest BCUT2D eigenvalue weighted by molar-refractivity contribution is -0.137. The van der Waals surface area contributed by atoms with E-state index in [2.05, 4.69) is 10.4 Å². The molecule has 0 bridgehead atoms. The molecule has 4 rings (SSSR count). The fraction of sp³-hybridized carbons (Fsp3) is 0.360. The number of halogens is 3. The van der Waals surface area contributed by atoms with Gasteiger partial charge < -0.3 is 5.32 Å². The van der Waals surface area contributed by atoms with E-state index < -0.39 is 11.7 Å². The van der Waals surface area contributed by atoms with Crippen molar-refractivity contribution >= 4 is 5.91 Å². The quantitative estimate of drug-likeness (QED) is 0.504. The number of benzene rings is 2. The summed E-state index contributed by atoms with van der Waals surface area (Å²) in [6.07, 6.45) is 1.89. The molecule has 2 aromatic carbocycles. The Balaban J connectivity index is 1.32. The highest BCUT2D eigenvalue weighted by Crippen LogP contribution is 2.36. The molecule has 1 fully saturated rings. The molecule has 0 radical (unpaired) electrons. The molecule has 3 aromatic rings. The second-order valence-electron chi connectivity index (χ2n) is 8.43. The predicted molar refractivity (Wildman–Crippen MR) is 120 cm³/mol. The number of carbonyl (C=O) groups is 1. The van der Waals surface area contributed by atoms with Gasteiger partial charge in [0.15, 0.2) is 0 Å². The van der Waals surface area contributed by atoms with E-state index in [-0.39, 0.29) is 24.5 Å². The van der Waals surface area contributed by atoms with Crippen molar-refractivity contribution < 1.29 is 18.0 Å². The third kappa shape index (κ3) is 6.01. The molecule has 8 heteroatoms. The largest absolute Gasteiger partial charge is 0.416 e. The van der Waals surface area contributed by atoms with Gasteiger partial charge in [0.1, 0.15) is 0 Å². The lowest BCUT2D eigenvalue weighted by Crippen LogP contribution is -2.40. The zero-order valence-electron chi connectivity index (χ0n) is 18.4. The number of hydrogen-bond donors (Lipinski definition) is 1. The number of nitrogens with zero attached hydrogens (tertiary/aromatic N) is 3. The van der Waals surface area contributed by atoms with Crippen molar-refractivity contribution in [1.29, 1.82) is 0 Å². The fourth-order valence-corrected chi connectivity index (χ4v) is 3.93. The van der Waals surface area contributed by atoms with Crippen LogP contribution in [0.3, 0.4) is 0 Å². The van der Waals surface area contributed by atoms with Gasteiger partial charge in [0.05, 0.1) is 24.0 Å². The molecule has 1 amide bonds. The molecular weight excluding hydrogens is 429 g/mol. The summed E-state index contributed by atoms with van der Waals surface area (Å²) < 4.78 is 41.1. The molecule has 33 heavy (non-hydrogen) atoms. The van der Waals surface area contributed by atoms with Gasteiger partial charge in [0, 0.05) is 24.8 Å². The van der Waals surface area contributed by atoms with E-state index >= 15 is 0 Å². The Bertz CT molecular complexity index is 1080. The first kappa shape index (κ1) is 23.0. The Morgan fingerprint density at radius 2 is 1.94 bits per heavy atom. The molecule has 174 valence electrons. The molecule has 1 aliphatic rings. The summed E-state index contributed by atoms with van der Waals surface area (Å²) in [5, 5.41) is 7.30. The minimum atomic E-state index is -4.38. The number of carbonyl (C=O) groups excluding carboxylic acids is 1.